The van der Waals surface area contributed by atoms with Crippen molar-refractivity contribution in [3.05, 3.63) is 23.5 Å². The maximum absolute atomic E-state index is 14.0. The molecule has 1 saturated carbocycles. The van der Waals surface area contributed by atoms with Gasteiger partial charge in [-0.25, -0.2) is 13.8 Å². The number of nitriles is 1. The number of alkyl halides is 5. The highest BCUT2D eigenvalue weighted by Crippen LogP contribution is 2.40. The van der Waals surface area contributed by atoms with Crippen LogP contribution in [0.2, 0.25) is 0 Å². The number of carbonyl (C=O) groups excluding carboxylic acids is 1. The lowest BCUT2D eigenvalue weighted by molar-refractivity contribution is -0.138. The van der Waals surface area contributed by atoms with Gasteiger partial charge in [-0.3, -0.25) is 9.69 Å². The number of nitrogens with one attached hydrogen (secondary N) is 1. The number of amides is 1. The molecule has 1 amide bonds. The Bertz CT molecular complexity index is 1110. The van der Waals surface area contributed by atoms with E-state index in [1.165, 1.54) is 6.07 Å². The third-order valence-electron chi connectivity index (χ3n) is 7.73. The summed E-state index contributed by atoms with van der Waals surface area (Å²) in [5.41, 5.74) is -3.27. The van der Waals surface area contributed by atoms with Crippen LogP contribution in [0.4, 0.5) is 27.6 Å². The van der Waals surface area contributed by atoms with Crippen LogP contribution >= 0.6 is 12.2 Å². The minimum atomic E-state index is -4.82. The Hall–Kier alpha value is -2.43. The first kappa shape index (κ1) is 28.6. The minimum Gasteiger partial charge on any atom is -0.378 e. The van der Waals surface area contributed by atoms with E-state index in [4.69, 9.17) is 22.2 Å². The molecule has 0 spiro atoms. The number of halogens is 5. The van der Waals surface area contributed by atoms with Crippen molar-refractivity contribution in [3.63, 3.8) is 0 Å². The second kappa shape index (κ2) is 10.6. The molecular formula is C25H30F5N5O2S. The van der Waals surface area contributed by atoms with Crippen LogP contribution in [0.5, 0.6) is 0 Å². The van der Waals surface area contributed by atoms with E-state index >= 15 is 0 Å². The van der Waals surface area contributed by atoms with Crippen molar-refractivity contribution >= 4 is 28.9 Å². The molecule has 1 aromatic rings. The Morgan fingerprint density at radius 1 is 1.24 bits per heavy atom. The van der Waals surface area contributed by atoms with Crippen LogP contribution in [0.25, 0.3) is 0 Å². The summed E-state index contributed by atoms with van der Waals surface area (Å²) in [4.78, 5) is 19.8. The molecule has 1 aliphatic carbocycles. The number of ether oxygens (including phenoxy) is 1. The van der Waals surface area contributed by atoms with E-state index in [2.05, 4.69) is 10.3 Å². The number of anilines is 1. The van der Waals surface area contributed by atoms with Gasteiger partial charge in [-0.15, -0.1) is 0 Å². The highest BCUT2D eigenvalue weighted by Gasteiger charge is 2.53. The van der Waals surface area contributed by atoms with E-state index in [-0.39, 0.29) is 36.1 Å². The summed E-state index contributed by atoms with van der Waals surface area (Å²) < 4.78 is 74.5. The van der Waals surface area contributed by atoms with Crippen molar-refractivity contribution in [2.75, 3.05) is 24.6 Å². The maximum Gasteiger partial charge on any atom is 0.419 e. The molecule has 3 heterocycles. The van der Waals surface area contributed by atoms with E-state index < -0.39 is 40.7 Å². The normalized spacial score (nSPS) is 27.5. The lowest BCUT2D eigenvalue weighted by Gasteiger charge is -2.41. The van der Waals surface area contributed by atoms with E-state index in [0.717, 1.165) is 17.2 Å². The summed E-state index contributed by atoms with van der Waals surface area (Å²) >= 11 is 5.59. The van der Waals surface area contributed by atoms with E-state index in [1.54, 1.807) is 18.7 Å². The summed E-state index contributed by atoms with van der Waals surface area (Å²) in [6.45, 7) is 3.86. The molecule has 13 heteroatoms. The largest absolute Gasteiger partial charge is 0.419 e. The quantitative estimate of drug-likeness (QED) is 0.402. The van der Waals surface area contributed by atoms with Crippen molar-refractivity contribution in [1.29, 1.82) is 5.26 Å². The molecule has 4 rings (SSSR count). The molecule has 3 aliphatic rings. The molecule has 1 unspecified atom stereocenters. The van der Waals surface area contributed by atoms with Gasteiger partial charge in [0, 0.05) is 18.6 Å². The van der Waals surface area contributed by atoms with E-state index in [9.17, 15) is 26.7 Å². The van der Waals surface area contributed by atoms with Crippen LogP contribution in [-0.4, -0.2) is 64.2 Å². The van der Waals surface area contributed by atoms with Gasteiger partial charge in [0.05, 0.1) is 30.1 Å². The van der Waals surface area contributed by atoms with Gasteiger partial charge in [0.2, 0.25) is 0 Å². The molecule has 0 bridgehead atoms. The lowest BCUT2D eigenvalue weighted by atomic mass is 9.89. The third kappa shape index (κ3) is 5.49. The average molecular weight is 560 g/mol. The second-order valence-corrected chi connectivity index (χ2v) is 10.9. The zero-order chi connectivity index (χ0) is 27.9. The van der Waals surface area contributed by atoms with Crippen molar-refractivity contribution < 1.29 is 31.5 Å². The number of piperidine rings is 1. The monoisotopic (exact) mass is 559 g/mol. The first-order valence-electron chi connectivity index (χ1n) is 12.6. The molecule has 2 aliphatic heterocycles. The van der Waals surface area contributed by atoms with Crippen molar-refractivity contribution in [1.82, 2.24) is 15.2 Å². The molecule has 38 heavy (non-hydrogen) atoms. The number of thiocarbonyl (C=S) groups is 1. The highest BCUT2D eigenvalue weighted by molar-refractivity contribution is 7.80. The number of pyridine rings is 1. The number of aromatic nitrogens is 1. The summed E-state index contributed by atoms with van der Waals surface area (Å²) in [5.74, 6) is -3.92. The van der Waals surface area contributed by atoms with Crippen LogP contribution in [0.15, 0.2) is 12.3 Å². The molecule has 1 N–H and O–H groups in total. The lowest BCUT2D eigenvalue weighted by Crippen LogP contribution is -2.51. The highest BCUT2D eigenvalue weighted by atomic mass is 32.1. The van der Waals surface area contributed by atoms with Crippen LogP contribution in [-0.2, 0) is 15.7 Å². The van der Waals surface area contributed by atoms with Crippen molar-refractivity contribution in [2.45, 2.75) is 82.2 Å². The number of hydrogen-bond acceptors (Lipinski definition) is 6. The maximum atomic E-state index is 14.0. The van der Waals surface area contributed by atoms with Crippen LogP contribution in [0, 0.1) is 17.2 Å². The molecule has 3 fully saturated rings. The van der Waals surface area contributed by atoms with E-state index in [1.807, 2.05) is 0 Å². The van der Waals surface area contributed by atoms with Crippen LogP contribution in [0.3, 0.4) is 0 Å². The fraction of sp³-hybridized carbons (Fsp3) is 0.680. The summed E-state index contributed by atoms with van der Waals surface area (Å²) in [5, 5.41) is 11.8. The Morgan fingerprint density at radius 2 is 1.92 bits per heavy atom. The topological polar surface area (TPSA) is 81.5 Å². The SMILES string of the molecule is CC1(C)C(=O)N(c2cnc(C#N)c(C(F)(F)F)c2)C(=S)N1[C@H]1CC[C@H](OCCC2CCNCC2(F)F)CC1. The Balaban J connectivity index is 1.41. The number of hydrogen-bond donors (Lipinski definition) is 1. The first-order chi connectivity index (χ1) is 17.8. The first-order valence-corrected chi connectivity index (χ1v) is 13.0. The summed E-state index contributed by atoms with van der Waals surface area (Å²) in [7, 11) is 0. The smallest absolute Gasteiger partial charge is 0.378 e. The molecule has 2 saturated heterocycles. The fourth-order valence-electron chi connectivity index (χ4n) is 5.62. The molecule has 208 valence electrons. The van der Waals surface area contributed by atoms with Gasteiger partial charge in [-0.2, -0.15) is 18.4 Å². The van der Waals surface area contributed by atoms with Crippen molar-refractivity contribution in [2.24, 2.45) is 5.92 Å². The second-order valence-electron chi connectivity index (χ2n) is 10.6. The molecule has 1 atom stereocenters. The minimum absolute atomic E-state index is 0.0807. The van der Waals surface area contributed by atoms with Crippen molar-refractivity contribution in [3.8, 4) is 6.07 Å². The standard InChI is InChI=1S/C25H30F5N5O2S/c1-23(2)21(36)34(17-11-19(25(28,29)30)20(12-31)33-13-17)22(38)35(23)16-3-5-18(6-4-16)37-10-8-15-7-9-32-14-24(15,26)27/h11,13,15-16,18,32H,3-10,14H2,1-2H3/t15?,16-,18-. The van der Waals surface area contributed by atoms with Gasteiger partial charge in [-0.1, -0.05) is 0 Å². The predicted octanol–water partition coefficient (Wildman–Crippen LogP) is 4.65. The van der Waals surface area contributed by atoms with Gasteiger partial charge in [0.15, 0.2) is 10.8 Å². The van der Waals surface area contributed by atoms with Gasteiger partial charge in [0.1, 0.15) is 11.6 Å². The summed E-state index contributed by atoms with van der Waals surface area (Å²) in [6, 6.07) is 2.01. The number of nitrogens with zero attached hydrogens (tertiary/aromatic N) is 4. The average Bonchev–Trinajstić information content (AvgIpc) is 3.03. The molecule has 0 aromatic carbocycles. The molecule has 0 radical (unpaired) electrons. The number of carbonyl (C=O) groups is 1. The Labute approximate surface area is 223 Å². The predicted molar refractivity (Wildman–Crippen MR) is 132 cm³/mol. The van der Waals surface area contributed by atoms with E-state index in [0.29, 0.717) is 45.1 Å². The molecular weight excluding hydrogens is 529 g/mol. The zero-order valence-electron chi connectivity index (χ0n) is 21.2. The van der Waals surface area contributed by atoms with Gasteiger partial charge < -0.3 is 15.0 Å². The zero-order valence-corrected chi connectivity index (χ0v) is 22.0. The van der Waals surface area contributed by atoms with Gasteiger partial charge in [0.25, 0.3) is 11.8 Å². The Kier molecular flexibility index (Phi) is 7.99. The third-order valence-corrected chi connectivity index (χ3v) is 8.10. The van der Waals surface area contributed by atoms with Crippen LogP contribution in [0.1, 0.15) is 63.6 Å². The molecule has 1 aromatic heterocycles. The number of rotatable bonds is 6. The fourth-order valence-corrected chi connectivity index (χ4v) is 6.19. The Morgan fingerprint density at radius 3 is 2.53 bits per heavy atom. The van der Waals surface area contributed by atoms with Gasteiger partial charge in [-0.05, 0) is 77.2 Å². The summed E-state index contributed by atoms with van der Waals surface area (Å²) in [6.07, 6.45) is -0.625. The van der Waals surface area contributed by atoms with Crippen LogP contribution < -0.4 is 10.2 Å². The van der Waals surface area contributed by atoms with Gasteiger partial charge >= 0.3 is 6.18 Å². The molecule has 7 nitrogen and oxygen atoms in total.